The largest absolute Gasteiger partial charge is 0.347 e. The molecule has 2 saturated heterocycles. The van der Waals surface area contributed by atoms with Crippen LogP contribution >= 0.6 is 0 Å². The molecular formula is C22H26O10S2. The highest BCUT2D eigenvalue weighted by Gasteiger charge is 2.45. The lowest BCUT2D eigenvalue weighted by atomic mass is 10.0. The molecule has 34 heavy (non-hydrogen) atoms. The van der Waals surface area contributed by atoms with Gasteiger partial charge in [-0.15, -0.1) is 0 Å². The number of rotatable bonds is 8. The van der Waals surface area contributed by atoms with Crippen LogP contribution in [0.15, 0.2) is 58.3 Å². The van der Waals surface area contributed by atoms with Crippen molar-refractivity contribution in [3.8, 4) is 0 Å². The molecule has 0 amide bonds. The minimum absolute atomic E-state index is 0.0298. The highest BCUT2D eigenvalue weighted by atomic mass is 32.2. The van der Waals surface area contributed by atoms with E-state index in [2.05, 4.69) is 0 Å². The third kappa shape index (κ3) is 5.83. The summed E-state index contributed by atoms with van der Waals surface area (Å²) in [4.78, 5) is 0.0596. The summed E-state index contributed by atoms with van der Waals surface area (Å²) in [7, 11) is -8.01. The van der Waals surface area contributed by atoms with Gasteiger partial charge in [0.2, 0.25) is 0 Å². The number of hydrogen-bond acceptors (Lipinski definition) is 10. The van der Waals surface area contributed by atoms with Crippen LogP contribution in [0.4, 0.5) is 0 Å². The minimum atomic E-state index is -4.00. The monoisotopic (exact) mass is 514 g/mol. The van der Waals surface area contributed by atoms with Crippen molar-refractivity contribution in [1.82, 2.24) is 0 Å². The molecule has 12 heteroatoms. The van der Waals surface area contributed by atoms with Crippen LogP contribution in [0.25, 0.3) is 0 Å². The Kier molecular flexibility index (Phi) is 7.69. The van der Waals surface area contributed by atoms with Crippen LogP contribution in [0.3, 0.4) is 0 Å². The summed E-state index contributed by atoms with van der Waals surface area (Å²) < 4.78 is 82.7. The smallest absolute Gasteiger partial charge is 0.297 e. The van der Waals surface area contributed by atoms with Gasteiger partial charge in [0.05, 0.1) is 23.0 Å². The van der Waals surface area contributed by atoms with Crippen molar-refractivity contribution in [3.63, 3.8) is 0 Å². The Morgan fingerprint density at radius 3 is 1.35 bits per heavy atom. The van der Waals surface area contributed by atoms with Crippen LogP contribution in [-0.4, -0.2) is 68.1 Å². The topological polar surface area (TPSA) is 124 Å². The first-order valence-electron chi connectivity index (χ1n) is 10.5. The first-order valence-corrected chi connectivity index (χ1v) is 13.4. The highest BCUT2D eigenvalue weighted by molar-refractivity contribution is 7.87. The number of fused-ring (bicyclic) bond motifs is 1. The van der Waals surface area contributed by atoms with Gasteiger partial charge in [-0.2, -0.15) is 16.8 Å². The third-order valence-corrected chi connectivity index (χ3v) is 8.13. The van der Waals surface area contributed by atoms with Gasteiger partial charge in [0.25, 0.3) is 20.2 Å². The molecule has 0 N–H and O–H groups in total. The van der Waals surface area contributed by atoms with E-state index in [9.17, 15) is 16.8 Å². The Hall–Kier alpha value is -1.90. The molecule has 0 unspecified atom stereocenters. The van der Waals surface area contributed by atoms with Gasteiger partial charge in [0.1, 0.15) is 38.0 Å². The Bertz CT molecular complexity index is 1080. The average molecular weight is 515 g/mol. The maximum absolute atomic E-state index is 12.5. The Morgan fingerprint density at radius 2 is 1.00 bits per heavy atom. The summed E-state index contributed by atoms with van der Waals surface area (Å²) in [5.74, 6) is 0. The summed E-state index contributed by atoms with van der Waals surface area (Å²) in [6.07, 6.45) is -3.05. The van der Waals surface area contributed by atoms with Gasteiger partial charge in [-0.25, -0.2) is 0 Å². The van der Waals surface area contributed by atoms with E-state index in [0.29, 0.717) is 0 Å². The Labute approximate surface area is 198 Å². The van der Waals surface area contributed by atoms with Crippen molar-refractivity contribution in [1.29, 1.82) is 0 Å². The fraction of sp³-hybridized carbons (Fsp3) is 0.455. The second-order valence-electron chi connectivity index (χ2n) is 8.01. The van der Waals surface area contributed by atoms with Crippen molar-refractivity contribution in [2.75, 3.05) is 26.8 Å². The van der Waals surface area contributed by atoms with Crippen molar-refractivity contribution in [2.45, 2.75) is 48.1 Å². The molecular weight excluding hydrogens is 488 g/mol. The zero-order valence-electron chi connectivity index (χ0n) is 18.7. The summed E-state index contributed by atoms with van der Waals surface area (Å²) in [5.41, 5.74) is 1.84. The van der Waals surface area contributed by atoms with Gasteiger partial charge in [-0.05, 0) is 38.1 Å². The molecule has 0 bridgehead atoms. The predicted molar refractivity (Wildman–Crippen MR) is 118 cm³/mol. The van der Waals surface area contributed by atoms with E-state index < -0.39 is 44.7 Å². The lowest BCUT2D eigenvalue weighted by Gasteiger charge is -2.43. The predicted octanol–water partition coefficient (Wildman–Crippen LogP) is 1.90. The van der Waals surface area contributed by atoms with Crippen LogP contribution in [0, 0.1) is 13.8 Å². The molecule has 186 valence electrons. The fourth-order valence-electron chi connectivity index (χ4n) is 3.57. The van der Waals surface area contributed by atoms with Crippen molar-refractivity contribution in [3.05, 3.63) is 59.7 Å². The SMILES string of the molecule is Cc1ccc(S(=O)(=O)OC[C@H]2OCO[C@@H]3[C@H]2OCO[C@@H]3COS(=O)(=O)c2ccc(C)cc2)cc1. The molecule has 2 aliphatic heterocycles. The van der Waals surface area contributed by atoms with Crippen molar-refractivity contribution >= 4 is 20.2 Å². The van der Waals surface area contributed by atoms with E-state index in [4.69, 9.17) is 27.3 Å². The van der Waals surface area contributed by atoms with Crippen molar-refractivity contribution < 1.29 is 44.1 Å². The quantitative estimate of drug-likeness (QED) is 0.483. The minimum Gasteiger partial charge on any atom is -0.347 e. The maximum atomic E-state index is 12.5. The average Bonchev–Trinajstić information content (AvgIpc) is 2.82. The fourth-order valence-corrected chi connectivity index (χ4v) is 5.41. The molecule has 0 saturated carbocycles. The third-order valence-electron chi connectivity index (χ3n) is 5.54. The summed E-state index contributed by atoms with van der Waals surface area (Å²) >= 11 is 0. The van der Waals surface area contributed by atoms with Crippen LogP contribution < -0.4 is 0 Å². The van der Waals surface area contributed by atoms with E-state index in [1.165, 1.54) is 24.3 Å². The maximum Gasteiger partial charge on any atom is 0.297 e. The normalized spacial score (nSPS) is 25.6. The van der Waals surface area contributed by atoms with Crippen LogP contribution in [0.5, 0.6) is 0 Å². The van der Waals surface area contributed by atoms with Gasteiger partial charge in [-0.1, -0.05) is 35.4 Å². The lowest BCUT2D eigenvalue weighted by Crippen LogP contribution is -2.59. The van der Waals surface area contributed by atoms with Gasteiger partial charge in [0.15, 0.2) is 0 Å². The molecule has 4 atom stereocenters. The second-order valence-corrected chi connectivity index (χ2v) is 11.2. The highest BCUT2D eigenvalue weighted by Crippen LogP contribution is 2.28. The lowest BCUT2D eigenvalue weighted by molar-refractivity contribution is -0.327. The first-order chi connectivity index (χ1) is 16.2. The molecule has 2 fully saturated rings. The molecule has 4 rings (SSSR count). The van der Waals surface area contributed by atoms with E-state index >= 15 is 0 Å². The zero-order chi connectivity index (χ0) is 24.3. The number of aryl methyl sites for hydroxylation is 2. The second kappa shape index (κ2) is 10.4. The van der Waals surface area contributed by atoms with Gasteiger partial charge < -0.3 is 18.9 Å². The van der Waals surface area contributed by atoms with E-state index in [1.54, 1.807) is 24.3 Å². The molecule has 2 aromatic carbocycles. The number of hydrogen-bond donors (Lipinski definition) is 0. The molecule has 0 radical (unpaired) electrons. The molecule has 2 heterocycles. The first kappa shape index (κ1) is 25.2. The summed E-state index contributed by atoms with van der Waals surface area (Å²) in [5, 5.41) is 0. The van der Waals surface area contributed by atoms with Crippen LogP contribution in [0.2, 0.25) is 0 Å². The summed E-state index contributed by atoms with van der Waals surface area (Å²) in [6, 6.07) is 12.6. The molecule has 0 aliphatic carbocycles. The Balaban J connectivity index is 1.38. The molecule has 2 aliphatic rings. The van der Waals surface area contributed by atoms with E-state index in [-0.39, 0.29) is 36.6 Å². The molecule has 0 aromatic heterocycles. The van der Waals surface area contributed by atoms with Gasteiger partial charge >= 0.3 is 0 Å². The summed E-state index contributed by atoms with van der Waals surface area (Å²) in [6.45, 7) is 2.73. The zero-order valence-corrected chi connectivity index (χ0v) is 20.3. The van der Waals surface area contributed by atoms with Crippen molar-refractivity contribution in [2.24, 2.45) is 0 Å². The van der Waals surface area contributed by atoms with Crippen LogP contribution in [-0.2, 0) is 47.5 Å². The van der Waals surface area contributed by atoms with Crippen LogP contribution in [0.1, 0.15) is 11.1 Å². The molecule has 10 nitrogen and oxygen atoms in total. The van der Waals surface area contributed by atoms with E-state index in [1.807, 2.05) is 13.8 Å². The molecule has 2 aromatic rings. The number of benzene rings is 2. The van der Waals surface area contributed by atoms with E-state index in [0.717, 1.165) is 11.1 Å². The molecule has 0 spiro atoms. The standard InChI is InChI=1S/C22H26O10S2/c1-15-3-7-17(8-4-15)33(23,24)31-11-19-21-22(30-13-27-19)20(28-14-29-21)12-32-34(25,26)18-9-5-16(2)6-10-18/h3-10,19-22H,11-14H2,1-2H3/t19-,20-,21+,22+/m1/s1. The Morgan fingerprint density at radius 1 is 0.647 bits per heavy atom. The number of ether oxygens (including phenoxy) is 4. The van der Waals surface area contributed by atoms with Gasteiger partial charge in [0, 0.05) is 0 Å². The van der Waals surface area contributed by atoms with Gasteiger partial charge in [-0.3, -0.25) is 8.37 Å².